The number of hydrogen-bond acceptors (Lipinski definition) is 3. The van der Waals surface area contributed by atoms with E-state index in [0.29, 0.717) is 27.8 Å². The van der Waals surface area contributed by atoms with Gasteiger partial charge in [-0.05, 0) is 82.0 Å². The van der Waals surface area contributed by atoms with Crippen molar-refractivity contribution >= 4 is 35.0 Å². The molecule has 0 aliphatic carbocycles. The van der Waals surface area contributed by atoms with Crippen LogP contribution >= 0.6 is 23.2 Å². The Labute approximate surface area is 236 Å². The molecule has 0 fully saturated rings. The molecule has 0 saturated heterocycles. The molecule has 0 saturated carbocycles. The van der Waals surface area contributed by atoms with Gasteiger partial charge in [-0.3, -0.25) is 9.59 Å². The van der Waals surface area contributed by atoms with Crippen LogP contribution in [0.3, 0.4) is 0 Å². The molecule has 3 rings (SSSR count). The standard InChI is InChI=1S/C31H36Cl2N2O3/c1-20-15-21(2)22(3)28(16-20)38-19-29(36)35(18-24-25(32)13-10-14-26(24)33)27(30(37)34-31(4,5)6)17-23-11-8-7-9-12-23/h7-16,27H,17-19H2,1-6H3,(H,34,37)/t27-/m0/s1. The van der Waals surface area contributed by atoms with Crippen LogP contribution in [0.15, 0.2) is 60.7 Å². The van der Waals surface area contributed by atoms with Crippen molar-refractivity contribution in [2.45, 2.75) is 66.1 Å². The highest BCUT2D eigenvalue weighted by molar-refractivity contribution is 6.36. The molecule has 0 aliphatic heterocycles. The largest absolute Gasteiger partial charge is 0.483 e. The number of aryl methyl sites for hydroxylation is 2. The highest BCUT2D eigenvalue weighted by Gasteiger charge is 2.33. The summed E-state index contributed by atoms with van der Waals surface area (Å²) >= 11 is 13.0. The number of benzene rings is 3. The number of halogens is 2. The van der Waals surface area contributed by atoms with Crippen molar-refractivity contribution in [1.82, 2.24) is 10.2 Å². The first-order valence-corrected chi connectivity index (χ1v) is 13.4. The van der Waals surface area contributed by atoms with Gasteiger partial charge in [0.15, 0.2) is 6.61 Å². The van der Waals surface area contributed by atoms with E-state index in [9.17, 15) is 9.59 Å². The molecule has 1 atom stereocenters. The SMILES string of the molecule is Cc1cc(C)c(C)c(OCC(=O)N(Cc2c(Cl)cccc2Cl)[C@@H](Cc2ccccc2)C(=O)NC(C)(C)C)c1. The Kier molecular flexibility index (Phi) is 9.86. The highest BCUT2D eigenvalue weighted by Crippen LogP contribution is 2.28. The molecule has 202 valence electrons. The number of ether oxygens (including phenoxy) is 1. The van der Waals surface area contributed by atoms with Crippen LogP contribution in [0.1, 0.15) is 48.6 Å². The number of amides is 2. The van der Waals surface area contributed by atoms with E-state index in [2.05, 4.69) is 11.4 Å². The molecule has 0 spiro atoms. The van der Waals surface area contributed by atoms with Gasteiger partial charge in [0.1, 0.15) is 11.8 Å². The summed E-state index contributed by atoms with van der Waals surface area (Å²) in [7, 11) is 0. The van der Waals surface area contributed by atoms with Gasteiger partial charge in [-0.15, -0.1) is 0 Å². The summed E-state index contributed by atoms with van der Waals surface area (Å²) in [5.74, 6) is 0.0373. The summed E-state index contributed by atoms with van der Waals surface area (Å²) in [4.78, 5) is 29.1. The summed E-state index contributed by atoms with van der Waals surface area (Å²) in [5, 5.41) is 3.90. The number of rotatable bonds is 9. The quantitative estimate of drug-likeness (QED) is 0.314. The number of nitrogens with zero attached hydrogens (tertiary/aromatic N) is 1. The maximum Gasteiger partial charge on any atom is 0.261 e. The molecular weight excluding hydrogens is 519 g/mol. The average Bonchev–Trinajstić information content (AvgIpc) is 2.83. The summed E-state index contributed by atoms with van der Waals surface area (Å²) < 4.78 is 6.03. The molecule has 0 heterocycles. The molecule has 3 aromatic carbocycles. The van der Waals surface area contributed by atoms with Gasteiger partial charge in [-0.25, -0.2) is 0 Å². The molecule has 2 amide bonds. The molecule has 1 N–H and O–H groups in total. The minimum atomic E-state index is -0.819. The molecule has 7 heteroatoms. The predicted octanol–water partition coefficient (Wildman–Crippen LogP) is 6.85. The number of nitrogens with one attached hydrogen (secondary N) is 1. The van der Waals surface area contributed by atoms with Crippen LogP contribution in [0.25, 0.3) is 0 Å². The zero-order valence-corrected chi connectivity index (χ0v) is 24.4. The fourth-order valence-corrected chi connectivity index (χ4v) is 4.75. The molecule has 0 aromatic heterocycles. The van der Waals surface area contributed by atoms with E-state index in [1.807, 2.05) is 77.9 Å². The van der Waals surface area contributed by atoms with E-state index in [0.717, 1.165) is 22.3 Å². The van der Waals surface area contributed by atoms with E-state index in [1.165, 1.54) is 4.90 Å². The van der Waals surface area contributed by atoms with Gasteiger partial charge in [0.2, 0.25) is 5.91 Å². The van der Waals surface area contributed by atoms with Gasteiger partial charge in [0, 0.05) is 34.1 Å². The van der Waals surface area contributed by atoms with E-state index in [4.69, 9.17) is 27.9 Å². The van der Waals surface area contributed by atoms with Crippen molar-refractivity contribution in [3.63, 3.8) is 0 Å². The van der Waals surface area contributed by atoms with Crippen LogP contribution in [0.4, 0.5) is 0 Å². The van der Waals surface area contributed by atoms with Gasteiger partial charge in [-0.1, -0.05) is 65.7 Å². The second-order valence-corrected chi connectivity index (χ2v) is 11.5. The summed E-state index contributed by atoms with van der Waals surface area (Å²) in [5.41, 5.74) is 4.11. The zero-order chi connectivity index (χ0) is 28.0. The molecule has 0 radical (unpaired) electrons. The Bertz CT molecular complexity index is 1270. The lowest BCUT2D eigenvalue weighted by atomic mass is 10.0. The first kappa shape index (κ1) is 29.5. The fourth-order valence-electron chi connectivity index (χ4n) is 4.23. The van der Waals surface area contributed by atoms with Crippen molar-refractivity contribution in [2.75, 3.05) is 6.61 Å². The fraction of sp³-hybridized carbons (Fsp3) is 0.355. The van der Waals surface area contributed by atoms with Crippen LogP contribution in [-0.2, 0) is 22.6 Å². The second-order valence-electron chi connectivity index (χ2n) is 10.7. The predicted molar refractivity (Wildman–Crippen MR) is 155 cm³/mol. The van der Waals surface area contributed by atoms with E-state index < -0.39 is 11.6 Å². The van der Waals surface area contributed by atoms with Gasteiger partial charge in [0.05, 0.1) is 0 Å². The van der Waals surface area contributed by atoms with Gasteiger partial charge < -0.3 is 15.0 Å². The third-order valence-corrected chi connectivity index (χ3v) is 6.98. The third-order valence-electron chi connectivity index (χ3n) is 6.27. The molecule has 3 aromatic rings. The monoisotopic (exact) mass is 554 g/mol. The Balaban J connectivity index is 2.01. The van der Waals surface area contributed by atoms with Gasteiger partial charge in [0.25, 0.3) is 5.91 Å². The number of carbonyl (C=O) groups excluding carboxylic acids is 2. The summed E-state index contributed by atoms with van der Waals surface area (Å²) in [6, 6.07) is 18.0. The molecule has 0 aliphatic rings. The topological polar surface area (TPSA) is 58.6 Å². The Hall–Kier alpha value is -3.02. The average molecular weight is 556 g/mol. The minimum Gasteiger partial charge on any atom is -0.483 e. The molecule has 0 unspecified atom stereocenters. The lowest BCUT2D eigenvalue weighted by molar-refractivity contribution is -0.143. The Morgan fingerprint density at radius 3 is 2.18 bits per heavy atom. The normalized spacial score (nSPS) is 12.1. The van der Waals surface area contributed by atoms with Crippen LogP contribution in [0.5, 0.6) is 5.75 Å². The Morgan fingerprint density at radius 1 is 0.947 bits per heavy atom. The maximum absolute atomic E-state index is 13.9. The van der Waals surface area contributed by atoms with E-state index in [1.54, 1.807) is 18.2 Å². The number of hydrogen-bond donors (Lipinski definition) is 1. The van der Waals surface area contributed by atoms with E-state index in [-0.39, 0.29) is 25.0 Å². The van der Waals surface area contributed by atoms with Crippen LogP contribution in [0, 0.1) is 20.8 Å². The molecule has 5 nitrogen and oxygen atoms in total. The number of carbonyl (C=O) groups is 2. The second kappa shape index (κ2) is 12.7. The van der Waals surface area contributed by atoms with Crippen molar-refractivity contribution in [1.29, 1.82) is 0 Å². The lowest BCUT2D eigenvalue weighted by Gasteiger charge is -2.34. The van der Waals surface area contributed by atoms with E-state index >= 15 is 0 Å². The maximum atomic E-state index is 13.9. The van der Waals surface area contributed by atoms with Crippen molar-refractivity contribution < 1.29 is 14.3 Å². The van der Waals surface area contributed by atoms with Crippen LogP contribution in [0.2, 0.25) is 10.0 Å². The van der Waals surface area contributed by atoms with Crippen LogP contribution in [-0.4, -0.2) is 34.9 Å². The zero-order valence-electron chi connectivity index (χ0n) is 22.9. The van der Waals surface area contributed by atoms with Gasteiger partial charge in [-0.2, -0.15) is 0 Å². The summed E-state index contributed by atoms with van der Waals surface area (Å²) in [6.07, 6.45) is 0.319. The lowest BCUT2D eigenvalue weighted by Crippen LogP contribution is -2.55. The smallest absolute Gasteiger partial charge is 0.261 e. The molecular formula is C31H36Cl2N2O3. The molecule has 38 heavy (non-hydrogen) atoms. The third kappa shape index (κ3) is 7.99. The van der Waals surface area contributed by atoms with Gasteiger partial charge >= 0.3 is 0 Å². The first-order valence-electron chi connectivity index (χ1n) is 12.6. The molecule has 0 bridgehead atoms. The Morgan fingerprint density at radius 2 is 1.58 bits per heavy atom. The minimum absolute atomic E-state index is 0.0571. The van der Waals surface area contributed by atoms with Crippen molar-refractivity contribution in [3.05, 3.63) is 98.5 Å². The summed E-state index contributed by atoms with van der Waals surface area (Å²) in [6.45, 7) is 11.5. The van der Waals surface area contributed by atoms with Crippen LogP contribution < -0.4 is 10.1 Å². The van der Waals surface area contributed by atoms with Crippen molar-refractivity contribution in [3.8, 4) is 5.75 Å². The van der Waals surface area contributed by atoms with Crippen molar-refractivity contribution in [2.24, 2.45) is 0 Å². The first-order chi connectivity index (χ1) is 17.9. The highest BCUT2D eigenvalue weighted by atomic mass is 35.5.